The molecule has 221 valence electrons. The van der Waals surface area contributed by atoms with E-state index in [9.17, 15) is 4.79 Å². The molecule has 0 aliphatic carbocycles. The van der Waals surface area contributed by atoms with Gasteiger partial charge in [-0.15, -0.1) is 41.0 Å². The first kappa shape index (κ1) is 34.7. The molecule has 0 amide bonds. The van der Waals surface area contributed by atoms with Crippen molar-refractivity contribution in [1.82, 2.24) is 0 Å². The minimum atomic E-state index is -1.25. The van der Waals surface area contributed by atoms with Crippen LogP contribution in [-0.2, 0) is 48.3 Å². The van der Waals surface area contributed by atoms with E-state index in [1.54, 1.807) is 6.07 Å². The van der Waals surface area contributed by atoms with E-state index in [0.29, 0.717) is 5.56 Å². The summed E-state index contributed by atoms with van der Waals surface area (Å²) < 4.78 is 0. The monoisotopic (exact) mass is 656 g/mol. The van der Waals surface area contributed by atoms with Gasteiger partial charge >= 0.3 is 5.97 Å². The number of carbonyl (C=O) groups is 1. The predicted octanol–water partition coefficient (Wildman–Crippen LogP) is 10.0. The van der Waals surface area contributed by atoms with Crippen LogP contribution in [0.4, 0.5) is 17.1 Å². The first-order valence-electron chi connectivity index (χ1n) is 14.4. The summed E-state index contributed by atoms with van der Waals surface area (Å²) in [6.45, 7) is 15.3. The molecule has 4 rings (SSSR count). The van der Waals surface area contributed by atoms with E-state index < -0.39 is 5.97 Å². The number of benzene rings is 4. The average Bonchev–Trinajstić information content (AvgIpc) is 2.96. The van der Waals surface area contributed by atoms with Gasteiger partial charge in [0, 0.05) is 49.8 Å². The van der Waals surface area contributed by atoms with Crippen LogP contribution in [0.1, 0.15) is 74.9 Å². The number of carboxylic acids is 1. The fourth-order valence-corrected chi connectivity index (χ4v) is 4.78. The van der Waals surface area contributed by atoms with E-state index in [-0.39, 0.29) is 49.1 Å². The number of anilines is 3. The molecule has 0 saturated heterocycles. The van der Waals surface area contributed by atoms with Gasteiger partial charge in [-0.05, 0) is 63.9 Å². The van der Waals surface area contributed by atoms with Crippen LogP contribution in [0.25, 0.3) is 18.2 Å². The van der Waals surface area contributed by atoms with Crippen molar-refractivity contribution in [1.29, 1.82) is 5.26 Å². The Hall–Kier alpha value is -3.78. The van der Waals surface area contributed by atoms with Crippen LogP contribution in [0.5, 0.6) is 0 Å². The quantitative estimate of drug-likeness (QED) is 0.0931. The van der Waals surface area contributed by atoms with Crippen LogP contribution in [0.2, 0.25) is 0 Å². The molecule has 0 saturated carbocycles. The number of rotatable bonds is 7. The fraction of sp³-hybridized carbons (Fsp3) is 0.231. The van der Waals surface area contributed by atoms with Crippen LogP contribution in [0, 0.1) is 24.3 Å². The predicted molar refractivity (Wildman–Crippen MR) is 179 cm³/mol. The third kappa shape index (κ3) is 8.66. The Kier molecular flexibility index (Phi) is 11.3. The number of hydrogen-bond donors (Lipinski definition) is 1. The third-order valence-corrected chi connectivity index (χ3v) is 7.46. The standard InChI is InChI=1S/C39H39N2O2.Y/c1-27-24-29(25-31(26-40)37(42)43)9-13-30(27)12-8-28-10-18-34(19-11-28)41(35-20-14-32(15-21-35)38(2,3)4)36-22-16-33(17-23-36)39(5,6)7;/h8,10-25H,1-7H3,(H,42,43);/q-1;/b12-8+,31-25-;. The average molecular weight is 657 g/mol. The summed E-state index contributed by atoms with van der Waals surface area (Å²) in [7, 11) is 0. The number of nitriles is 1. The largest absolute Gasteiger partial charge is 0.478 e. The second kappa shape index (κ2) is 14.3. The minimum absolute atomic E-state index is 0. The van der Waals surface area contributed by atoms with Crippen molar-refractivity contribution >= 4 is 41.3 Å². The molecule has 4 aromatic rings. The second-order valence-corrected chi connectivity index (χ2v) is 12.9. The molecule has 0 heterocycles. The summed E-state index contributed by atoms with van der Waals surface area (Å²) in [4.78, 5) is 13.4. The van der Waals surface area contributed by atoms with Crippen LogP contribution < -0.4 is 4.90 Å². The number of hydrogen-bond acceptors (Lipinski definition) is 3. The Morgan fingerprint density at radius 3 is 1.64 bits per heavy atom. The number of nitrogens with zero attached hydrogens (tertiary/aromatic N) is 2. The maximum Gasteiger partial charge on any atom is 0.336 e. The molecule has 0 aromatic heterocycles. The molecule has 0 atom stereocenters. The summed E-state index contributed by atoms with van der Waals surface area (Å²) >= 11 is 0. The molecule has 0 spiro atoms. The van der Waals surface area contributed by atoms with Crippen molar-refractivity contribution in [2.45, 2.75) is 59.3 Å². The maximum atomic E-state index is 11.2. The van der Waals surface area contributed by atoms with Gasteiger partial charge in [-0.1, -0.05) is 97.0 Å². The summed E-state index contributed by atoms with van der Waals surface area (Å²) in [5.41, 5.74) is 9.24. The van der Waals surface area contributed by atoms with Gasteiger partial charge in [0.15, 0.2) is 0 Å². The van der Waals surface area contributed by atoms with Crippen molar-refractivity contribution < 1.29 is 42.6 Å². The van der Waals surface area contributed by atoms with Gasteiger partial charge in [0.05, 0.1) is 11.6 Å². The van der Waals surface area contributed by atoms with E-state index >= 15 is 0 Å². The van der Waals surface area contributed by atoms with Crippen LogP contribution in [0.3, 0.4) is 0 Å². The Morgan fingerprint density at radius 1 is 0.795 bits per heavy atom. The molecule has 0 bridgehead atoms. The number of aryl methyl sites for hydroxylation is 1. The van der Waals surface area contributed by atoms with Crippen molar-refractivity contribution in [3.63, 3.8) is 0 Å². The molecule has 0 unspecified atom stereocenters. The molecule has 4 aromatic carbocycles. The van der Waals surface area contributed by atoms with Crippen LogP contribution in [0.15, 0.2) is 90.5 Å². The van der Waals surface area contributed by atoms with Crippen LogP contribution in [-0.4, -0.2) is 11.1 Å². The van der Waals surface area contributed by atoms with Gasteiger partial charge in [0.25, 0.3) is 0 Å². The first-order chi connectivity index (χ1) is 20.3. The van der Waals surface area contributed by atoms with Gasteiger partial charge in [0.1, 0.15) is 0 Å². The summed E-state index contributed by atoms with van der Waals surface area (Å²) in [6.07, 6.45) is 5.40. The van der Waals surface area contributed by atoms with Crippen molar-refractivity contribution in [3.05, 3.63) is 130 Å². The first-order valence-corrected chi connectivity index (χ1v) is 14.4. The van der Waals surface area contributed by atoms with Crippen LogP contribution >= 0.6 is 0 Å². The molecule has 44 heavy (non-hydrogen) atoms. The van der Waals surface area contributed by atoms with E-state index in [0.717, 1.165) is 33.8 Å². The molecule has 5 heteroatoms. The zero-order valence-electron chi connectivity index (χ0n) is 26.6. The smallest absolute Gasteiger partial charge is 0.336 e. The van der Waals surface area contributed by atoms with Crippen molar-refractivity contribution in [2.75, 3.05) is 4.90 Å². The zero-order chi connectivity index (χ0) is 31.4. The number of aliphatic carboxylic acids is 1. The Labute approximate surface area is 287 Å². The SMILES string of the molecule is Cc1cc(/C=C(/C#N)C(=O)O)[c-]cc1/C=C/c1ccc(N(c2ccc(C(C)(C)C)cc2)c2ccc(C(C)(C)C)cc2)cc1.[Y]. The van der Waals surface area contributed by atoms with E-state index in [4.69, 9.17) is 10.4 Å². The van der Waals surface area contributed by atoms with Gasteiger partial charge in [-0.25, -0.2) is 4.79 Å². The second-order valence-electron chi connectivity index (χ2n) is 12.9. The Morgan fingerprint density at radius 2 is 1.25 bits per heavy atom. The molecule has 1 radical (unpaired) electrons. The Bertz CT molecular complexity index is 1640. The van der Waals surface area contributed by atoms with E-state index in [1.807, 2.05) is 31.2 Å². The van der Waals surface area contributed by atoms with E-state index in [2.05, 4.69) is 125 Å². The molecular weight excluding hydrogens is 617 g/mol. The van der Waals surface area contributed by atoms with E-state index in [1.165, 1.54) is 17.2 Å². The molecule has 0 aliphatic heterocycles. The molecule has 1 N–H and O–H groups in total. The van der Waals surface area contributed by atoms with Crippen molar-refractivity contribution in [3.8, 4) is 6.07 Å². The number of carboxylic acid groups (broad SMARTS) is 1. The summed E-state index contributed by atoms with van der Waals surface area (Å²) in [6, 6.07) is 34.5. The van der Waals surface area contributed by atoms with Crippen molar-refractivity contribution in [2.24, 2.45) is 0 Å². The third-order valence-electron chi connectivity index (χ3n) is 7.46. The minimum Gasteiger partial charge on any atom is -0.478 e. The summed E-state index contributed by atoms with van der Waals surface area (Å²) in [5.74, 6) is -1.25. The maximum absolute atomic E-state index is 11.2. The summed E-state index contributed by atoms with van der Waals surface area (Å²) in [5, 5.41) is 18.1. The topological polar surface area (TPSA) is 64.3 Å². The molecule has 4 nitrogen and oxygen atoms in total. The Balaban J connectivity index is 0.00000529. The fourth-order valence-electron chi connectivity index (χ4n) is 4.78. The van der Waals surface area contributed by atoms with Gasteiger partial charge in [-0.3, -0.25) is 0 Å². The zero-order valence-corrected chi connectivity index (χ0v) is 29.5. The van der Waals surface area contributed by atoms with Gasteiger partial charge < -0.3 is 10.0 Å². The van der Waals surface area contributed by atoms with Gasteiger partial charge in [-0.2, -0.15) is 5.26 Å². The normalized spacial score (nSPS) is 12.0. The molecule has 0 aliphatic rings. The molecular formula is C39H39N2O2Y-. The molecule has 0 fully saturated rings. The van der Waals surface area contributed by atoms with Gasteiger partial charge in [0.2, 0.25) is 0 Å².